The van der Waals surface area contributed by atoms with Crippen LogP contribution >= 0.6 is 0 Å². The van der Waals surface area contributed by atoms with Crippen molar-refractivity contribution >= 4 is 6.03 Å². The molecule has 0 atom stereocenters. The third-order valence-electron chi connectivity index (χ3n) is 5.73. The van der Waals surface area contributed by atoms with E-state index in [1.54, 1.807) is 12.1 Å². The van der Waals surface area contributed by atoms with Gasteiger partial charge in [-0.1, -0.05) is 38.1 Å². The van der Waals surface area contributed by atoms with Gasteiger partial charge in [-0.3, -0.25) is 0 Å². The van der Waals surface area contributed by atoms with Gasteiger partial charge in [-0.05, 0) is 41.3 Å². The first-order valence-electron chi connectivity index (χ1n) is 11.2. The number of benzene rings is 2. The third kappa shape index (κ3) is 7.24. The minimum absolute atomic E-state index is 0.0750. The first-order chi connectivity index (χ1) is 14.9. The molecule has 0 bridgehead atoms. The molecule has 31 heavy (non-hydrogen) atoms. The lowest BCUT2D eigenvalue weighted by Gasteiger charge is -2.36. The Bertz CT molecular complexity index is 816. The molecule has 3 rings (SSSR count). The van der Waals surface area contributed by atoms with E-state index in [4.69, 9.17) is 4.74 Å². The molecule has 1 saturated heterocycles. The number of urea groups is 1. The lowest BCUT2D eigenvalue weighted by molar-refractivity contribution is -0.885. The second kappa shape index (κ2) is 11.1. The summed E-state index contributed by atoms with van der Waals surface area (Å²) in [5, 5.41) is 3.07. The van der Waals surface area contributed by atoms with Crippen LogP contribution in [-0.4, -0.2) is 43.7 Å². The molecule has 2 amide bonds. The highest BCUT2D eigenvalue weighted by molar-refractivity contribution is 5.74. The van der Waals surface area contributed by atoms with Crippen LogP contribution in [0.3, 0.4) is 0 Å². The molecular formula is C25H35FN3O2+. The van der Waals surface area contributed by atoms with E-state index in [0.29, 0.717) is 25.6 Å². The highest BCUT2D eigenvalue weighted by atomic mass is 19.1. The summed E-state index contributed by atoms with van der Waals surface area (Å²) >= 11 is 0. The third-order valence-corrected chi connectivity index (χ3v) is 5.73. The summed E-state index contributed by atoms with van der Waals surface area (Å²) in [4.78, 5) is 16.5. The molecule has 0 aromatic heterocycles. The SMILES string of the molecule is CC(C)COc1ccc(CNC(=O)N(Cc2ccc(F)cc2)C2CC[NH+](C)CC2)cc1. The van der Waals surface area contributed by atoms with Crippen LogP contribution in [0.2, 0.25) is 0 Å². The number of nitrogens with zero attached hydrogens (tertiary/aromatic N) is 1. The summed E-state index contributed by atoms with van der Waals surface area (Å²) in [5.74, 6) is 1.06. The number of quaternary nitrogens is 1. The van der Waals surface area contributed by atoms with Crippen LogP contribution in [0.15, 0.2) is 48.5 Å². The maximum absolute atomic E-state index is 13.3. The molecule has 1 aliphatic rings. The Morgan fingerprint density at radius 1 is 1.10 bits per heavy atom. The average Bonchev–Trinajstić information content (AvgIpc) is 2.77. The van der Waals surface area contributed by atoms with Gasteiger partial charge >= 0.3 is 6.03 Å². The predicted molar refractivity (Wildman–Crippen MR) is 121 cm³/mol. The van der Waals surface area contributed by atoms with Crippen LogP contribution in [0.5, 0.6) is 5.75 Å². The Kier molecular flexibility index (Phi) is 8.29. The van der Waals surface area contributed by atoms with Crippen LogP contribution in [0.4, 0.5) is 9.18 Å². The first kappa shape index (κ1) is 23.1. The Balaban J connectivity index is 1.61. The highest BCUT2D eigenvalue weighted by Gasteiger charge is 2.28. The first-order valence-corrected chi connectivity index (χ1v) is 11.2. The molecule has 1 aliphatic heterocycles. The molecule has 0 aliphatic carbocycles. The smallest absolute Gasteiger partial charge is 0.318 e. The number of hydrogen-bond acceptors (Lipinski definition) is 2. The maximum atomic E-state index is 13.3. The monoisotopic (exact) mass is 428 g/mol. The van der Waals surface area contributed by atoms with Crippen molar-refractivity contribution in [1.82, 2.24) is 10.2 Å². The van der Waals surface area contributed by atoms with E-state index in [9.17, 15) is 9.18 Å². The van der Waals surface area contributed by atoms with E-state index >= 15 is 0 Å². The molecule has 0 unspecified atom stereocenters. The van der Waals surface area contributed by atoms with E-state index in [-0.39, 0.29) is 17.9 Å². The molecule has 1 heterocycles. The van der Waals surface area contributed by atoms with Crippen LogP contribution in [-0.2, 0) is 13.1 Å². The fourth-order valence-corrected chi connectivity index (χ4v) is 3.81. The summed E-state index contributed by atoms with van der Waals surface area (Å²) in [6, 6.07) is 14.4. The maximum Gasteiger partial charge on any atom is 0.318 e. The van der Waals surface area contributed by atoms with E-state index in [2.05, 4.69) is 26.2 Å². The molecule has 6 heteroatoms. The number of piperidine rings is 1. The molecule has 2 aromatic carbocycles. The minimum Gasteiger partial charge on any atom is -0.493 e. The highest BCUT2D eigenvalue weighted by Crippen LogP contribution is 2.17. The molecule has 2 aromatic rings. The van der Waals surface area contributed by atoms with Gasteiger partial charge in [0, 0.05) is 32.0 Å². The Morgan fingerprint density at radius 2 is 1.71 bits per heavy atom. The summed E-state index contributed by atoms with van der Waals surface area (Å²) in [7, 11) is 2.19. The fraction of sp³-hybridized carbons (Fsp3) is 0.480. The Labute approximate surface area is 185 Å². The summed E-state index contributed by atoms with van der Waals surface area (Å²) in [6.45, 7) is 7.97. The molecule has 0 saturated carbocycles. The van der Waals surface area contributed by atoms with Gasteiger partial charge in [-0.25, -0.2) is 9.18 Å². The second-order valence-electron chi connectivity index (χ2n) is 8.95. The quantitative estimate of drug-likeness (QED) is 0.678. The van der Waals surface area contributed by atoms with Gasteiger partial charge in [-0.15, -0.1) is 0 Å². The Morgan fingerprint density at radius 3 is 2.32 bits per heavy atom. The summed E-state index contributed by atoms with van der Waals surface area (Å²) in [5.41, 5.74) is 1.97. The van der Waals surface area contributed by atoms with E-state index in [1.165, 1.54) is 17.0 Å². The zero-order valence-corrected chi connectivity index (χ0v) is 18.9. The number of halogens is 1. The number of nitrogens with one attached hydrogen (secondary N) is 2. The number of carbonyl (C=O) groups is 1. The van der Waals surface area contributed by atoms with Gasteiger partial charge in [0.2, 0.25) is 0 Å². The van der Waals surface area contributed by atoms with Crippen LogP contribution < -0.4 is 15.0 Å². The van der Waals surface area contributed by atoms with Crippen LogP contribution in [0, 0.1) is 11.7 Å². The van der Waals surface area contributed by atoms with Gasteiger partial charge in [0.1, 0.15) is 11.6 Å². The van der Waals surface area contributed by atoms with Crippen molar-refractivity contribution in [2.24, 2.45) is 5.92 Å². The van der Waals surface area contributed by atoms with Crippen molar-refractivity contribution in [3.8, 4) is 5.75 Å². The van der Waals surface area contributed by atoms with Gasteiger partial charge in [0.15, 0.2) is 0 Å². The average molecular weight is 429 g/mol. The lowest BCUT2D eigenvalue weighted by atomic mass is 10.0. The van der Waals surface area contributed by atoms with E-state index < -0.39 is 0 Å². The normalized spacial score (nSPS) is 18.6. The van der Waals surface area contributed by atoms with Gasteiger partial charge in [0.25, 0.3) is 0 Å². The standard InChI is InChI=1S/C25H34FN3O2/c1-19(2)18-31-24-10-6-20(7-11-24)16-27-25(30)29(23-12-14-28(3)15-13-23)17-21-4-8-22(26)9-5-21/h4-11,19,23H,12-18H2,1-3H3,(H,27,30)/p+1. The number of likely N-dealkylation sites (tertiary alicyclic amines) is 1. The van der Waals surface area contributed by atoms with Gasteiger partial charge < -0.3 is 19.9 Å². The molecule has 0 radical (unpaired) electrons. The van der Waals surface area contributed by atoms with Crippen molar-refractivity contribution < 1.29 is 18.8 Å². The number of ether oxygens (including phenoxy) is 1. The summed E-state index contributed by atoms with van der Waals surface area (Å²) < 4.78 is 19.0. The molecule has 0 spiro atoms. The predicted octanol–water partition coefficient (Wildman–Crippen LogP) is 3.25. The number of carbonyl (C=O) groups excluding carboxylic acids is 1. The van der Waals surface area contributed by atoms with Crippen molar-refractivity contribution in [2.75, 3.05) is 26.7 Å². The van der Waals surface area contributed by atoms with Crippen molar-refractivity contribution in [3.63, 3.8) is 0 Å². The number of rotatable bonds is 8. The molecule has 2 N–H and O–H groups in total. The zero-order chi connectivity index (χ0) is 22.2. The minimum atomic E-state index is -0.261. The van der Waals surface area contributed by atoms with Crippen molar-refractivity contribution in [2.45, 2.75) is 45.8 Å². The largest absolute Gasteiger partial charge is 0.493 e. The molecule has 1 fully saturated rings. The van der Waals surface area contributed by atoms with Crippen molar-refractivity contribution in [3.05, 3.63) is 65.5 Å². The zero-order valence-electron chi connectivity index (χ0n) is 18.9. The lowest BCUT2D eigenvalue weighted by Crippen LogP contribution is -3.10. The number of hydrogen-bond donors (Lipinski definition) is 2. The summed E-state index contributed by atoms with van der Waals surface area (Å²) in [6.07, 6.45) is 1.95. The van der Waals surface area contributed by atoms with Crippen LogP contribution in [0.1, 0.15) is 37.8 Å². The Hall–Kier alpha value is -2.60. The molecule has 168 valence electrons. The molecule has 5 nitrogen and oxygen atoms in total. The van der Waals surface area contributed by atoms with Crippen molar-refractivity contribution in [1.29, 1.82) is 0 Å². The number of amides is 2. The topological polar surface area (TPSA) is 46.0 Å². The van der Waals surface area contributed by atoms with E-state index in [1.807, 2.05) is 29.2 Å². The van der Waals surface area contributed by atoms with Gasteiger partial charge in [-0.2, -0.15) is 0 Å². The van der Waals surface area contributed by atoms with Crippen LogP contribution in [0.25, 0.3) is 0 Å². The molecular weight excluding hydrogens is 393 g/mol. The van der Waals surface area contributed by atoms with E-state index in [0.717, 1.165) is 42.8 Å². The fourth-order valence-electron chi connectivity index (χ4n) is 3.81. The van der Waals surface area contributed by atoms with Gasteiger partial charge in [0.05, 0.1) is 26.7 Å². The second-order valence-corrected chi connectivity index (χ2v) is 8.95.